The predicted molar refractivity (Wildman–Crippen MR) is 60.2 cm³/mol. The predicted octanol–water partition coefficient (Wildman–Crippen LogP) is 2.02. The molecule has 0 spiro atoms. The minimum atomic E-state index is -5.84. The van der Waals surface area contributed by atoms with Crippen LogP contribution < -0.4 is 0 Å². The normalized spacial score (nSPS) is 12.3. The second-order valence-electron chi connectivity index (χ2n) is 3.94. The van der Waals surface area contributed by atoms with Crippen LogP contribution in [0.5, 0.6) is 0 Å². The Hall–Kier alpha value is -0.850. The summed E-state index contributed by atoms with van der Waals surface area (Å²) in [6.07, 6.45) is 0. The average Bonchev–Trinajstić information content (AvgIpc) is 2.10. The van der Waals surface area contributed by atoms with Crippen molar-refractivity contribution in [1.82, 2.24) is 4.90 Å². The van der Waals surface area contributed by atoms with Gasteiger partial charge in [0.25, 0.3) is 0 Å². The zero-order valence-electron chi connectivity index (χ0n) is 10.6. The lowest BCUT2D eigenvalue weighted by atomic mass is 10.2. The Morgan fingerprint density at radius 3 is 1.56 bits per heavy atom. The lowest BCUT2D eigenvalue weighted by Gasteiger charge is -2.27. The lowest BCUT2D eigenvalue weighted by molar-refractivity contribution is -0.0510. The zero-order chi connectivity index (χ0) is 15.1. The van der Waals surface area contributed by atoms with Crippen molar-refractivity contribution in [1.29, 1.82) is 5.26 Å². The van der Waals surface area contributed by atoms with Gasteiger partial charge in [-0.25, -0.2) is 0 Å². The highest BCUT2D eigenvalue weighted by atomic mass is 32.2. The van der Waals surface area contributed by atoms with Gasteiger partial charge in [-0.3, -0.25) is 9.45 Å². The van der Waals surface area contributed by atoms with Crippen molar-refractivity contribution < 1.29 is 26.1 Å². The van der Waals surface area contributed by atoms with E-state index in [1.54, 1.807) is 0 Å². The molecule has 0 aromatic rings. The van der Waals surface area contributed by atoms with Gasteiger partial charge in [0.05, 0.1) is 12.6 Å². The summed E-state index contributed by atoms with van der Waals surface area (Å²) in [7, 11) is -5.84. The molecule has 0 amide bonds. The first-order chi connectivity index (χ1) is 7.84. The van der Waals surface area contributed by atoms with Crippen molar-refractivity contribution in [2.75, 3.05) is 6.54 Å². The van der Waals surface area contributed by atoms with Gasteiger partial charge in [0, 0.05) is 12.1 Å². The maximum Gasteiger partial charge on any atom is 0.522 e. The summed E-state index contributed by atoms with van der Waals surface area (Å²) in [5, 5.41) is 8.44. The minimum Gasteiger partial charge on any atom is -0.286 e. The summed E-state index contributed by atoms with van der Waals surface area (Å²) in [6.45, 7) is 8.97. The van der Waals surface area contributed by atoms with Crippen LogP contribution in [0.2, 0.25) is 0 Å². The molecular formula is C9H17F3N2O3S. The van der Waals surface area contributed by atoms with Crippen LogP contribution in [-0.2, 0) is 10.1 Å². The van der Waals surface area contributed by atoms with Crippen LogP contribution in [0, 0.1) is 11.3 Å². The zero-order valence-corrected chi connectivity index (χ0v) is 11.4. The van der Waals surface area contributed by atoms with Crippen molar-refractivity contribution in [3.8, 4) is 6.07 Å². The number of alkyl halides is 3. The van der Waals surface area contributed by atoms with E-state index < -0.39 is 15.6 Å². The second-order valence-corrected chi connectivity index (χ2v) is 5.35. The van der Waals surface area contributed by atoms with Crippen molar-refractivity contribution in [2.45, 2.75) is 45.3 Å². The molecule has 0 fully saturated rings. The Bertz CT molecular complexity index is 363. The maximum absolute atomic E-state index is 10.7. The first-order valence-corrected chi connectivity index (χ1v) is 6.45. The van der Waals surface area contributed by atoms with E-state index in [-0.39, 0.29) is 0 Å². The fraction of sp³-hybridized carbons (Fsp3) is 0.889. The average molecular weight is 290 g/mol. The summed E-state index contributed by atoms with van der Waals surface area (Å²) in [5.74, 6) is 0. The van der Waals surface area contributed by atoms with Gasteiger partial charge in [-0.05, 0) is 27.7 Å². The van der Waals surface area contributed by atoms with Crippen molar-refractivity contribution >= 4 is 10.1 Å². The standard InChI is InChI=1S/C8H16N2.CHF3O3S/c1-7(2)10(6-5-9)8(3)4;2-1(3,4)8(5,6)7/h7-8H,6H2,1-4H3;(H,5,6,7). The van der Waals surface area contributed by atoms with E-state index in [1.807, 2.05) is 0 Å². The van der Waals surface area contributed by atoms with Crippen LogP contribution in [0.15, 0.2) is 0 Å². The number of hydrogen-bond donors (Lipinski definition) is 1. The fourth-order valence-corrected chi connectivity index (χ4v) is 1.04. The highest BCUT2D eigenvalue weighted by Gasteiger charge is 2.44. The maximum atomic E-state index is 10.7. The van der Waals surface area contributed by atoms with Crippen LogP contribution in [0.3, 0.4) is 0 Å². The van der Waals surface area contributed by atoms with E-state index in [0.29, 0.717) is 18.6 Å². The summed E-state index contributed by atoms with van der Waals surface area (Å²) in [4.78, 5) is 2.15. The Morgan fingerprint density at radius 1 is 1.22 bits per heavy atom. The molecule has 108 valence electrons. The van der Waals surface area contributed by atoms with E-state index in [4.69, 9.17) is 18.2 Å². The third-order valence-electron chi connectivity index (χ3n) is 1.87. The van der Waals surface area contributed by atoms with E-state index in [2.05, 4.69) is 38.7 Å². The van der Waals surface area contributed by atoms with E-state index in [0.717, 1.165) is 0 Å². The largest absolute Gasteiger partial charge is 0.522 e. The molecule has 0 aromatic heterocycles. The Morgan fingerprint density at radius 2 is 1.50 bits per heavy atom. The number of hydrogen-bond acceptors (Lipinski definition) is 4. The summed E-state index contributed by atoms with van der Waals surface area (Å²) in [6, 6.07) is 3.10. The quantitative estimate of drug-likeness (QED) is 0.488. The molecule has 5 nitrogen and oxygen atoms in total. The van der Waals surface area contributed by atoms with Crippen molar-refractivity contribution in [2.24, 2.45) is 0 Å². The molecule has 9 heteroatoms. The van der Waals surface area contributed by atoms with Crippen LogP contribution >= 0.6 is 0 Å². The molecule has 0 aromatic carbocycles. The number of nitrogens with zero attached hydrogens (tertiary/aromatic N) is 2. The molecule has 0 heterocycles. The van der Waals surface area contributed by atoms with Gasteiger partial charge in [-0.1, -0.05) is 0 Å². The molecule has 0 atom stereocenters. The van der Waals surface area contributed by atoms with Crippen LogP contribution in [0.25, 0.3) is 0 Å². The molecule has 0 saturated heterocycles. The highest BCUT2D eigenvalue weighted by molar-refractivity contribution is 7.86. The molecule has 0 saturated carbocycles. The van der Waals surface area contributed by atoms with Gasteiger partial charge in [0.2, 0.25) is 0 Å². The van der Waals surface area contributed by atoms with Crippen LogP contribution in [0.1, 0.15) is 27.7 Å². The van der Waals surface area contributed by atoms with Crippen LogP contribution in [-0.4, -0.2) is 42.0 Å². The molecule has 0 aliphatic heterocycles. The molecule has 1 N–H and O–H groups in total. The Labute approximate surface area is 105 Å². The summed E-state index contributed by atoms with van der Waals surface area (Å²) >= 11 is 0. The number of halogens is 3. The third-order valence-corrected chi connectivity index (χ3v) is 2.46. The topological polar surface area (TPSA) is 81.4 Å². The van der Waals surface area contributed by atoms with Gasteiger partial charge in [-0.2, -0.15) is 26.9 Å². The molecule has 0 aliphatic carbocycles. The Kier molecular flexibility index (Phi) is 8.18. The Balaban J connectivity index is 0. The van der Waals surface area contributed by atoms with Crippen molar-refractivity contribution in [3.05, 3.63) is 0 Å². The minimum absolute atomic E-state index is 0.472. The van der Waals surface area contributed by atoms with E-state index >= 15 is 0 Å². The fourth-order valence-electron chi connectivity index (χ4n) is 1.04. The lowest BCUT2D eigenvalue weighted by Crippen LogP contribution is -2.37. The third kappa shape index (κ3) is 8.27. The van der Waals surface area contributed by atoms with Crippen LogP contribution in [0.4, 0.5) is 13.2 Å². The molecule has 0 radical (unpaired) electrons. The van der Waals surface area contributed by atoms with Gasteiger partial charge >= 0.3 is 15.6 Å². The molecular weight excluding hydrogens is 273 g/mol. The first kappa shape index (κ1) is 19.5. The molecule has 0 unspecified atom stereocenters. The van der Waals surface area contributed by atoms with Gasteiger partial charge in [-0.15, -0.1) is 0 Å². The SMILES string of the molecule is CC(C)N(CC#N)C(C)C.O=S(=O)(O)C(F)(F)F. The monoisotopic (exact) mass is 290 g/mol. The first-order valence-electron chi connectivity index (χ1n) is 5.01. The number of nitriles is 1. The molecule has 0 bridgehead atoms. The summed E-state index contributed by atoms with van der Waals surface area (Å²) in [5.41, 5.74) is -5.53. The molecule has 18 heavy (non-hydrogen) atoms. The van der Waals surface area contributed by atoms with Gasteiger partial charge in [0.1, 0.15) is 0 Å². The van der Waals surface area contributed by atoms with E-state index in [1.165, 1.54) is 0 Å². The van der Waals surface area contributed by atoms with Gasteiger partial charge in [0.15, 0.2) is 0 Å². The van der Waals surface area contributed by atoms with Crippen molar-refractivity contribution in [3.63, 3.8) is 0 Å². The van der Waals surface area contributed by atoms with Gasteiger partial charge < -0.3 is 0 Å². The smallest absolute Gasteiger partial charge is 0.286 e. The number of rotatable bonds is 3. The molecule has 0 rings (SSSR count). The molecule has 0 aliphatic rings. The second kappa shape index (κ2) is 7.56. The summed E-state index contributed by atoms with van der Waals surface area (Å²) < 4.78 is 57.5. The van der Waals surface area contributed by atoms with E-state index in [9.17, 15) is 13.2 Å². The highest BCUT2D eigenvalue weighted by Crippen LogP contribution is 2.20.